The van der Waals surface area contributed by atoms with E-state index in [1.807, 2.05) is 30.3 Å². The van der Waals surface area contributed by atoms with E-state index >= 15 is 0 Å². The third-order valence-corrected chi connectivity index (χ3v) is 7.44. The van der Waals surface area contributed by atoms with Crippen LogP contribution in [0.5, 0.6) is 0 Å². The van der Waals surface area contributed by atoms with Gasteiger partial charge in [-0.2, -0.15) is 0 Å². The molecule has 43 heavy (non-hydrogen) atoms. The van der Waals surface area contributed by atoms with E-state index in [4.69, 9.17) is 15.5 Å². The van der Waals surface area contributed by atoms with Crippen molar-refractivity contribution in [2.75, 3.05) is 13.2 Å². The van der Waals surface area contributed by atoms with Crippen LogP contribution >= 0.6 is 7.82 Å². The minimum absolute atomic E-state index is 0.0506. The first-order chi connectivity index (χ1) is 20.2. The number of amides is 5. The minimum Gasteiger partial charge on any atom is -0.391 e. The van der Waals surface area contributed by atoms with E-state index in [1.54, 1.807) is 12.1 Å². The van der Waals surface area contributed by atoms with Crippen LogP contribution in [-0.4, -0.2) is 92.8 Å². The number of benzene rings is 2. The van der Waals surface area contributed by atoms with Crippen LogP contribution < -0.4 is 21.7 Å². The number of phosphoric acid groups is 1. The van der Waals surface area contributed by atoms with Gasteiger partial charge in [-0.05, 0) is 36.1 Å². The van der Waals surface area contributed by atoms with Crippen LogP contribution in [0, 0.1) is 0 Å². The molecule has 5 atom stereocenters. The number of carbonyl (C=O) groups excluding carboxylic acids is 5. The number of nitrogens with one attached hydrogen (secondary N) is 3. The number of nitrogens with zero attached hydrogens (tertiary/aromatic N) is 1. The lowest BCUT2D eigenvalue weighted by molar-refractivity contribution is -0.143. The molecule has 1 aliphatic heterocycles. The standard InChI is InChI=1S/C27H36N5O10P/c1-15(33)23(26(37)30-20(24(28)35)13-18-9-5-8-17-7-3-4-10-19(17)18)31-25(36)22-11-6-12-32(22)27(38)21(29-16(2)34)14-42-43(39,40)41/h3-5,7-10,15,20-23,33H,6,11-14H2,1-2H3,(H2,28,35)(H,29,34)(H,30,37)(H,31,36)(H2,39,40,41)/t15-,20+,21+,22+,23+/m1/s1. The van der Waals surface area contributed by atoms with Crippen molar-refractivity contribution in [1.82, 2.24) is 20.9 Å². The topological polar surface area (TPSA) is 238 Å². The maximum atomic E-state index is 13.3. The number of hydrogen-bond acceptors (Lipinski definition) is 8. The van der Waals surface area contributed by atoms with Crippen molar-refractivity contribution in [1.29, 1.82) is 0 Å². The van der Waals surface area contributed by atoms with Crippen molar-refractivity contribution in [3.8, 4) is 0 Å². The van der Waals surface area contributed by atoms with E-state index < -0.39 is 74.2 Å². The molecule has 0 aromatic heterocycles. The van der Waals surface area contributed by atoms with E-state index in [0.29, 0.717) is 6.42 Å². The second-order valence-electron chi connectivity index (χ2n) is 10.3. The van der Waals surface area contributed by atoms with Crippen molar-refractivity contribution in [2.45, 2.75) is 63.4 Å². The highest BCUT2D eigenvalue weighted by molar-refractivity contribution is 7.46. The van der Waals surface area contributed by atoms with Gasteiger partial charge in [0.25, 0.3) is 0 Å². The van der Waals surface area contributed by atoms with E-state index in [-0.39, 0.29) is 19.4 Å². The molecule has 16 heteroatoms. The average molecular weight is 622 g/mol. The largest absolute Gasteiger partial charge is 0.469 e. The number of hydrogen-bond donors (Lipinski definition) is 7. The molecule has 5 amide bonds. The Bertz CT molecular complexity index is 1410. The fourth-order valence-corrected chi connectivity index (χ4v) is 5.27. The van der Waals surface area contributed by atoms with Gasteiger partial charge in [0, 0.05) is 19.9 Å². The Hall–Kier alpha value is -3.88. The summed E-state index contributed by atoms with van der Waals surface area (Å²) >= 11 is 0. The molecule has 0 unspecified atom stereocenters. The van der Waals surface area contributed by atoms with Gasteiger partial charge in [-0.3, -0.25) is 28.5 Å². The number of nitrogens with two attached hydrogens (primary N) is 1. The van der Waals surface area contributed by atoms with Gasteiger partial charge in [-0.1, -0.05) is 42.5 Å². The zero-order chi connectivity index (χ0) is 31.9. The Balaban J connectivity index is 1.73. The summed E-state index contributed by atoms with van der Waals surface area (Å²) in [6, 6.07) is 7.64. The summed E-state index contributed by atoms with van der Waals surface area (Å²) in [5, 5.41) is 19.3. The van der Waals surface area contributed by atoms with Crippen LogP contribution in [0.15, 0.2) is 42.5 Å². The number of rotatable bonds is 13. The maximum Gasteiger partial charge on any atom is 0.469 e. The Labute approximate surface area is 247 Å². The van der Waals surface area contributed by atoms with Crippen LogP contribution in [0.3, 0.4) is 0 Å². The summed E-state index contributed by atoms with van der Waals surface area (Å²) in [7, 11) is -4.97. The molecule has 15 nitrogen and oxygen atoms in total. The van der Waals surface area contributed by atoms with Gasteiger partial charge in [-0.25, -0.2) is 4.57 Å². The molecule has 0 spiro atoms. The molecule has 1 fully saturated rings. The molecule has 0 saturated carbocycles. The molecular weight excluding hydrogens is 585 g/mol. The third-order valence-electron chi connectivity index (χ3n) is 6.95. The van der Waals surface area contributed by atoms with Gasteiger partial charge in [0.1, 0.15) is 24.2 Å². The number of primary amides is 1. The number of phosphoric ester groups is 1. The Kier molecular flexibility index (Phi) is 11.4. The molecule has 8 N–H and O–H groups in total. The molecule has 3 rings (SSSR count). The third kappa shape index (κ3) is 9.30. The summed E-state index contributed by atoms with van der Waals surface area (Å²) in [5.41, 5.74) is 6.33. The van der Waals surface area contributed by atoms with Crippen LogP contribution in [-0.2, 0) is 39.5 Å². The molecule has 0 radical (unpaired) electrons. The number of carbonyl (C=O) groups is 5. The first kappa shape index (κ1) is 33.6. The average Bonchev–Trinajstić information content (AvgIpc) is 3.42. The zero-order valence-electron chi connectivity index (χ0n) is 23.6. The normalized spacial score (nSPS) is 17.9. The summed E-state index contributed by atoms with van der Waals surface area (Å²) in [6.07, 6.45) is -0.821. The monoisotopic (exact) mass is 621 g/mol. The van der Waals surface area contributed by atoms with Crippen molar-refractivity contribution in [3.05, 3.63) is 48.0 Å². The van der Waals surface area contributed by atoms with Crippen LogP contribution in [0.25, 0.3) is 10.8 Å². The van der Waals surface area contributed by atoms with E-state index in [9.17, 15) is 33.6 Å². The smallest absolute Gasteiger partial charge is 0.391 e. The lowest BCUT2D eigenvalue weighted by Crippen LogP contribution is -2.60. The predicted octanol–water partition coefficient (Wildman–Crippen LogP) is -1.18. The van der Waals surface area contributed by atoms with Gasteiger partial charge in [0.05, 0.1) is 12.7 Å². The number of aliphatic hydroxyl groups is 1. The fraction of sp³-hybridized carbons (Fsp3) is 0.444. The molecule has 2 aromatic carbocycles. The fourth-order valence-electron chi connectivity index (χ4n) is 4.92. The second-order valence-corrected chi connectivity index (χ2v) is 11.5. The lowest BCUT2D eigenvalue weighted by Gasteiger charge is -2.30. The van der Waals surface area contributed by atoms with Gasteiger partial charge in [0.2, 0.25) is 29.5 Å². The lowest BCUT2D eigenvalue weighted by atomic mass is 9.98. The molecule has 1 aliphatic rings. The van der Waals surface area contributed by atoms with Gasteiger partial charge in [-0.15, -0.1) is 0 Å². The van der Waals surface area contributed by atoms with E-state index in [2.05, 4.69) is 20.5 Å². The molecule has 0 aliphatic carbocycles. The number of fused-ring (bicyclic) bond motifs is 1. The summed E-state index contributed by atoms with van der Waals surface area (Å²) in [6.45, 7) is 1.58. The quantitative estimate of drug-likeness (QED) is 0.132. The Morgan fingerprint density at radius 1 is 1.05 bits per heavy atom. The molecular formula is C27H36N5O10P. The Morgan fingerprint density at radius 3 is 2.35 bits per heavy atom. The van der Waals surface area contributed by atoms with E-state index in [0.717, 1.165) is 28.2 Å². The highest BCUT2D eigenvalue weighted by Crippen LogP contribution is 2.36. The van der Waals surface area contributed by atoms with Crippen molar-refractivity contribution >= 4 is 48.1 Å². The van der Waals surface area contributed by atoms with Crippen molar-refractivity contribution < 1.29 is 48.0 Å². The Morgan fingerprint density at radius 2 is 1.72 bits per heavy atom. The second kappa shape index (κ2) is 14.5. The SMILES string of the molecule is CC(=O)N[C@@H](COP(=O)(O)O)C(=O)N1CCC[C@H]1C(=O)N[C@H](C(=O)N[C@@H](Cc1cccc2ccccc12)C(N)=O)[C@@H](C)O. The molecule has 2 aromatic rings. The summed E-state index contributed by atoms with van der Waals surface area (Å²) in [4.78, 5) is 82.7. The summed E-state index contributed by atoms with van der Waals surface area (Å²) < 4.78 is 15.5. The maximum absolute atomic E-state index is 13.3. The highest BCUT2D eigenvalue weighted by Gasteiger charge is 2.40. The zero-order valence-corrected chi connectivity index (χ0v) is 24.5. The molecule has 234 valence electrons. The van der Waals surface area contributed by atoms with Crippen LogP contribution in [0.2, 0.25) is 0 Å². The first-order valence-corrected chi connectivity index (χ1v) is 15.0. The first-order valence-electron chi connectivity index (χ1n) is 13.5. The van der Waals surface area contributed by atoms with Gasteiger partial charge in [0.15, 0.2) is 0 Å². The van der Waals surface area contributed by atoms with E-state index in [1.165, 1.54) is 6.92 Å². The number of likely N-dealkylation sites (tertiary alicyclic amines) is 1. The van der Waals surface area contributed by atoms with Gasteiger partial charge < -0.3 is 41.5 Å². The van der Waals surface area contributed by atoms with Gasteiger partial charge >= 0.3 is 7.82 Å². The minimum atomic E-state index is -4.97. The van der Waals surface area contributed by atoms with Crippen molar-refractivity contribution in [2.24, 2.45) is 5.73 Å². The molecule has 0 bridgehead atoms. The summed E-state index contributed by atoms with van der Waals surface area (Å²) in [5.74, 6) is -4.01. The van der Waals surface area contributed by atoms with Crippen LogP contribution in [0.4, 0.5) is 0 Å². The van der Waals surface area contributed by atoms with Crippen LogP contribution in [0.1, 0.15) is 32.3 Å². The highest BCUT2D eigenvalue weighted by atomic mass is 31.2. The predicted molar refractivity (Wildman–Crippen MR) is 153 cm³/mol. The molecule has 1 saturated heterocycles. The molecule has 1 heterocycles. The van der Waals surface area contributed by atoms with Crippen molar-refractivity contribution in [3.63, 3.8) is 0 Å². The number of aliphatic hydroxyl groups excluding tert-OH is 1.